The van der Waals surface area contributed by atoms with Crippen molar-refractivity contribution in [2.75, 3.05) is 4.90 Å². The van der Waals surface area contributed by atoms with Crippen molar-refractivity contribution in [3.63, 3.8) is 0 Å². The highest BCUT2D eigenvalue weighted by molar-refractivity contribution is 5.91. The molecule has 23 heavy (non-hydrogen) atoms. The lowest BCUT2D eigenvalue weighted by Crippen LogP contribution is -2.37. The van der Waals surface area contributed by atoms with Gasteiger partial charge in [-0.3, -0.25) is 4.90 Å². The van der Waals surface area contributed by atoms with Crippen LogP contribution < -0.4 is 4.90 Å². The highest BCUT2D eigenvalue weighted by Gasteiger charge is 2.21. The second kappa shape index (κ2) is 7.45. The summed E-state index contributed by atoms with van der Waals surface area (Å²) >= 11 is 0. The number of ether oxygens (including phenoxy) is 1. The van der Waals surface area contributed by atoms with Crippen molar-refractivity contribution in [3.05, 3.63) is 65.7 Å². The molecule has 0 radical (unpaired) electrons. The topological polar surface area (TPSA) is 66.8 Å². The first-order chi connectivity index (χ1) is 11.0. The molecule has 0 atom stereocenters. The van der Waals surface area contributed by atoms with Crippen LogP contribution in [0.2, 0.25) is 0 Å². The number of amides is 1. The number of rotatable bonds is 5. The monoisotopic (exact) mass is 313 g/mol. The fourth-order valence-corrected chi connectivity index (χ4v) is 2.17. The normalized spacial score (nSPS) is 10.4. The average Bonchev–Trinajstić information content (AvgIpc) is 2.54. The Morgan fingerprint density at radius 2 is 1.65 bits per heavy atom. The van der Waals surface area contributed by atoms with E-state index in [4.69, 9.17) is 9.84 Å². The molecule has 0 fully saturated rings. The minimum atomic E-state index is -1.00. The number of benzene rings is 2. The largest absolute Gasteiger partial charge is 0.478 e. The molecule has 0 spiro atoms. The lowest BCUT2D eigenvalue weighted by Gasteiger charge is -2.26. The number of anilines is 1. The van der Waals surface area contributed by atoms with Gasteiger partial charge in [0, 0.05) is 11.7 Å². The fourth-order valence-electron chi connectivity index (χ4n) is 2.17. The summed E-state index contributed by atoms with van der Waals surface area (Å²) in [4.78, 5) is 24.8. The van der Waals surface area contributed by atoms with Crippen molar-refractivity contribution in [2.45, 2.75) is 26.5 Å². The zero-order valence-electron chi connectivity index (χ0n) is 13.1. The lowest BCUT2D eigenvalue weighted by molar-refractivity contribution is 0.0697. The molecule has 0 unspecified atom stereocenters. The van der Waals surface area contributed by atoms with Crippen LogP contribution in [0.25, 0.3) is 0 Å². The van der Waals surface area contributed by atoms with Crippen molar-refractivity contribution >= 4 is 17.7 Å². The molecule has 2 aromatic rings. The van der Waals surface area contributed by atoms with Crippen molar-refractivity contribution in [1.29, 1.82) is 0 Å². The molecule has 0 aliphatic rings. The molecular weight excluding hydrogens is 294 g/mol. The molecule has 120 valence electrons. The van der Waals surface area contributed by atoms with E-state index in [0.717, 1.165) is 5.56 Å². The number of carboxylic acids is 1. The number of carbonyl (C=O) groups is 2. The van der Waals surface area contributed by atoms with Crippen LogP contribution in [-0.2, 0) is 11.3 Å². The summed E-state index contributed by atoms with van der Waals surface area (Å²) in [5.74, 6) is -1.00. The van der Waals surface area contributed by atoms with E-state index >= 15 is 0 Å². The Labute approximate surface area is 135 Å². The van der Waals surface area contributed by atoms with Crippen LogP contribution in [0.1, 0.15) is 29.8 Å². The Hall–Kier alpha value is -2.82. The number of aromatic carboxylic acids is 1. The second-order valence-corrected chi connectivity index (χ2v) is 5.36. The smallest absolute Gasteiger partial charge is 0.414 e. The highest BCUT2D eigenvalue weighted by atomic mass is 16.6. The molecule has 5 nitrogen and oxygen atoms in total. The van der Waals surface area contributed by atoms with E-state index in [-0.39, 0.29) is 18.2 Å². The van der Waals surface area contributed by atoms with Crippen LogP contribution >= 0.6 is 0 Å². The van der Waals surface area contributed by atoms with Gasteiger partial charge in [-0.05, 0) is 43.7 Å². The quantitative estimate of drug-likeness (QED) is 0.908. The zero-order chi connectivity index (χ0) is 16.8. The van der Waals surface area contributed by atoms with Crippen LogP contribution in [-0.4, -0.2) is 23.2 Å². The van der Waals surface area contributed by atoms with Gasteiger partial charge in [-0.1, -0.05) is 30.3 Å². The first kappa shape index (κ1) is 16.5. The van der Waals surface area contributed by atoms with Gasteiger partial charge in [-0.15, -0.1) is 0 Å². The molecule has 2 rings (SSSR count). The Morgan fingerprint density at radius 1 is 1.04 bits per heavy atom. The molecule has 2 aromatic carbocycles. The van der Waals surface area contributed by atoms with Gasteiger partial charge in [-0.25, -0.2) is 9.59 Å². The van der Waals surface area contributed by atoms with Gasteiger partial charge in [-0.2, -0.15) is 0 Å². The van der Waals surface area contributed by atoms with E-state index in [1.54, 1.807) is 12.1 Å². The number of hydrogen-bond acceptors (Lipinski definition) is 3. The minimum absolute atomic E-state index is 0.117. The summed E-state index contributed by atoms with van der Waals surface area (Å²) < 4.78 is 5.35. The molecule has 5 heteroatoms. The van der Waals surface area contributed by atoms with Crippen LogP contribution in [0.4, 0.5) is 10.5 Å². The summed E-state index contributed by atoms with van der Waals surface area (Å²) in [6.07, 6.45) is -0.466. The van der Waals surface area contributed by atoms with Gasteiger partial charge in [0.05, 0.1) is 5.56 Å². The molecular formula is C18H19NO4. The predicted molar refractivity (Wildman–Crippen MR) is 87.6 cm³/mol. The standard InChI is InChI=1S/C18H19NO4/c1-13(2)19(16-10-8-15(9-11-16)17(20)21)18(22)23-12-14-6-4-3-5-7-14/h3-11,13H,12H2,1-2H3,(H,20,21). The molecule has 0 heterocycles. The molecule has 0 aliphatic heterocycles. The maximum absolute atomic E-state index is 12.4. The number of nitrogens with zero attached hydrogens (tertiary/aromatic N) is 1. The molecule has 0 aromatic heterocycles. The van der Waals surface area contributed by atoms with E-state index < -0.39 is 12.1 Å². The Morgan fingerprint density at radius 3 is 2.17 bits per heavy atom. The highest BCUT2D eigenvalue weighted by Crippen LogP contribution is 2.20. The van der Waals surface area contributed by atoms with Crippen LogP contribution in [0.3, 0.4) is 0 Å². The molecule has 0 saturated heterocycles. The summed E-state index contributed by atoms with van der Waals surface area (Å²) in [5.41, 5.74) is 1.68. The molecule has 0 saturated carbocycles. The van der Waals surface area contributed by atoms with Gasteiger partial charge in [0.25, 0.3) is 0 Å². The third-order valence-electron chi connectivity index (χ3n) is 3.31. The SMILES string of the molecule is CC(C)N(C(=O)OCc1ccccc1)c1ccc(C(=O)O)cc1. The van der Waals surface area contributed by atoms with Crippen LogP contribution in [0.5, 0.6) is 0 Å². The molecule has 1 amide bonds. The summed E-state index contributed by atoms with van der Waals surface area (Å²) in [6.45, 7) is 3.93. The number of carboxylic acid groups (broad SMARTS) is 1. The van der Waals surface area contributed by atoms with E-state index in [0.29, 0.717) is 5.69 Å². The Bertz CT molecular complexity index is 665. The summed E-state index contributed by atoms with van der Waals surface area (Å²) in [6, 6.07) is 15.5. The van der Waals surface area contributed by atoms with E-state index in [2.05, 4.69) is 0 Å². The second-order valence-electron chi connectivity index (χ2n) is 5.36. The fraction of sp³-hybridized carbons (Fsp3) is 0.222. The van der Waals surface area contributed by atoms with Crippen LogP contribution in [0.15, 0.2) is 54.6 Å². The maximum Gasteiger partial charge on any atom is 0.414 e. The van der Waals surface area contributed by atoms with Crippen molar-refractivity contribution in [2.24, 2.45) is 0 Å². The van der Waals surface area contributed by atoms with Gasteiger partial charge < -0.3 is 9.84 Å². The van der Waals surface area contributed by atoms with Gasteiger partial charge in [0.2, 0.25) is 0 Å². The van der Waals surface area contributed by atoms with E-state index in [1.165, 1.54) is 17.0 Å². The summed E-state index contributed by atoms with van der Waals surface area (Å²) in [5, 5.41) is 8.94. The Kier molecular flexibility index (Phi) is 5.36. The average molecular weight is 313 g/mol. The van der Waals surface area contributed by atoms with Crippen molar-refractivity contribution < 1.29 is 19.4 Å². The third-order valence-corrected chi connectivity index (χ3v) is 3.31. The predicted octanol–water partition coefficient (Wildman–Crippen LogP) is 3.94. The Balaban J connectivity index is 2.11. The van der Waals surface area contributed by atoms with E-state index in [1.807, 2.05) is 44.2 Å². The molecule has 0 aliphatic carbocycles. The minimum Gasteiger partial charge on any atom is -0.478 e. The maximum atomic E-state index is 12.4. The number of hydrogen-bond donors (Lipinski definition) is 1. The van der Waals surface area contributed by atoms with E-state index in [9.17, 15) is 9.59 Å². The molecule has 0 bridgehead atoms. The van der Waals surface area contributed by atoms with Crippen LogP contribution in [0, 0.1) is 0 Å². The van der Waals surface area contributed by atoms with Gasteiger partial charge >= 0.3 is 12.1 Å². The van der Waals surface area contributed by atoms with Gasteiger partial charge in [0.15, 0.2) is 0 Å². The first-order valence-corrected chi connectivity index (χ1v) is 7.32. The zero-order valence-corrected chi connectivity index (χ0v) is 13.1. The van der Waals surface area contributed by atoms with Gasteiger partial charge in [0.1, 0.15) is 6.61 Å². The molecule has 1 N–H and O–H groups in total. The lowest BCUT2D eigenvalue weighted by atomic mass is 10.2. The van der Waals surface area contributed by atoms with Crippen molar-refractivity contribution in [1.82, 2.24) is 0 Å². The van der Waals surface area contributed by atoms with Crippen molar-refractivity contribution in [3.8, 4) is 0 Å². The summed E-state index contributed by atoms with van der Waals surface area (Å²) in [7, 11) is 0. The number of carbonyl (C=O) groups excluding carboxylic acids is 1. The third kappa shape index (κ3) is 4.32. The first-order valence-electron chi connectivity index (χ1n) is 7.32.